The van der Waals surface area contributed by atoms with Crippen LogP contribution in [0.2, 0.25) is 5.02 Å². The molecule has 0 aliphatic rings. The van der Waals surface area contributed by atoms with Gasteiger partial charge in [0.2, 0.25) is 5.91 Å². The number of carbonyl (C=O) groups is 3. The van der Waals surface area contributed by atoms with Crippen molar-refractivity contribution in [1.29, 1.82) is 0 Å². The Morgan fingerprint density at radius 3 is 2.46 bits per heavy atom. The normalized spacial score (nSPS) is 11.3. The molecule has 2 aromatic carbocycles. The van der Waals surface area contributed by atoms with Crippen LogP contribution in [0.25, 0.3) is 0 Å². The summed E-state index contributed by atoms with van der Waals surface area (Å²) in [6.45, 7) is 1.88. The fraction of sp³-hybridized carbons (Fsp3) is 0.211. The predicted molar refractivity (Wildman–Crippen MR) is 99.0 cm³/mol. The molecule has 0 bridgehead atoms. The van der Waals surface area contributed by atoms with E-state index in [1.807, 2.05) is 37.3 Å². The van der Waals surface area contributed by atoms with Gasteiger partial charge in [-0.3, -0.25) is 14.4 Å². The average Bonchev–Trinajstić information content (AvgIpc) is 2.63. The standard InChI is InChI=1S/C19H19ClN2O4/c1-12(13-6-4-3-5-7-13)21-19(25)14-8-9-15(20)16(10-14)22-17(23)11-18(24)26-2/h3-10,12H,11H2,1-2H3,(H,21,25)(H,22,23). The van der Waals surface area contributed by atoms with Gasteiger partial charge in [0.15, 0.2) is 0 Å². The number of halogens is 1. The lowest BCUT2D eigenvalue weighted by atomic mass is 10.1. The molecule has 2 aromatic rings. The number of hydrogen-bond acceptors (Lipinski definition) is 4. The number of amides is 2. The maximum absolute atomic E-state index is 12.5. The Morgan fingerprint density at radius 1 is 1.12 bits per heavy atom. The number of nitrogens with one attached hydrogen (secondary N) is 2. The molecule has 0 aromatic heterocycles. The van der Waals surface area contributed by atoms with Crippen LogP contribution in [0, 0.1) is 0 Å². The fourth-order valence-corrected chi connectivity index (χ4v) is 2.43. The molecule has 6 nitrogen and oxygen atoms in total. The highest BCUT2D eigenvalue weighted by atomic mass is 35.5. The Labute approximate surface area is 156 Å². The van der Waals surface area contributed by atoms with Crippen molar-refractivity contribution in [2.45, 2.75) is 19.4 Å². The molecule has 0 radical (unpaired) electrons. The number of anilines is 1. The summed E-state index contributed by atoms with van der Waals surface area (Å²) in [6.07, 6.45) is -0.436. The Hall–Kier alpha value is -2.86. The number of esters is 1. The number of hydrogen-bond donors (Lipinski definition) is 2. The third-order valence-electron chi connectivity index (χ3n) is 3.68. The third-order valence-corrected chi connectivity index (χ3v) is 4.01. The van der Waals surface area contributed by atoms with Crippen LogP contribution >= 0.6 is 11.6 Å². The van der Waals surface area contributed by atoms with Gasteiger partial charge in [-0.25, -0.2) is 0 Å². The van der Waals surface area contributed by atoms with Gasteiger partial charge in [0.25, 0.3) is 5.91 Å². The van der Waals surface area contributed by atoms with Gasteiger partial charge in [-0.1, -0.05) is 41.9 Å². The van der Waals surface area contributed by atoms with Gasteiger partial charge in [-0.2, -0.15) is 0 Å². The van der Waals surface area contributed by atoms with Crippen LogP contribution in [-0.2, 0) is 14.3 Å². The van der Waals surface area contributed by atoms with E-state index in [9.17, 15) is 14.4 Å². The zero-order chi connectivity index (χ0) is 19.1. The molecule has 2 rings (SSSR count). The van der Waals surface area contributed by atoms with E-state index in [1.54, 1.807) is 6.07 Å². The molecule has 7 heteroatoms. The number of rotatable bonds is 6. The summed E-state index contributed by atoms with van der Waals surface area (Å²) in [5, 5.41) is 5.65. The molecule has 0 fully saturated rings. The lowest BCUT2D eigenvalue weighted by Crippen LogP contribution is -2.26. The van der Waals surface area contributed by atoms with Crippen molar-refractivity contribution >= 4 is 35.1 Å². The first kappa shape index (κ1) is 19.5. The topological polar surface area (TPSA) is 84.5 Å². The first-order valence-corrected chi connectivity index (χ1v) is 8.30. The summed E-state index contributed by atoms with van der Waals surface area (Å²) in [4.78, 5) is 35.4. The molecular weight excluding hydrogens is 356 g/mol. The Kier molecular flexibility index (Phi) is 6.74. The predicted octanol–water partition coefficient (Wildman–Crippen LogP) is 3.33. The van der Waals surface area contributed by atoms with Crippen molar-refractivity contribution in [3.05, 3.63) is 64.7 Å². The largest absolute Gasteiger partial charge is 0.469 e. The van der Waals surface area contributed by atoms with Crippen LogP contribution in [0.5, 0.6) is 0 Å². The van der Waals surface area contributed by atoms with Gasteiger partial charge in [-0.05, 0) is 30.7 Å². The van der Waals surface area contributed by atoms with E-state index in [4.69, 9.17) is 11.6 Å². The molecular formula is C19H19ClN2O4. The van der Waals surface area contributed by atoms with Crippen molar-refractivity contribution in [2.75, 3.05) is 12.4 Å². The second-order valence-corrected chi connectivity index (χ2v) is 6.01. The monoisotopic (exact) mass is 374 g/mol. The van der Waals surface area contributed by atoms with Crippen LogP contribution in [-0.4, -0.2) is 24.9 Å². The van der Waals surface area contributed by atoms with E-state index in [1.165, 1.54) is 19.2 Å². The highest BCUT2D eigenvalue weighted by Crippen LogP contribution is 2.24. The first-order valence-electron chi connectivity index (χ1n) is 7.92. The van der Waals surface area contributed by atoms with E-state index in [0.29, 0.717) is 5.56 Å². The van der Waals surface area contributed by atoms with Gasteiger partial charge in [0, 0.05) is 5.56 Å². The summed E-state index contributed by atoms with van der Waals surface area (Å²) < 4.78 is 4.44. The van der Waals surface area contributed by atoms with Crippen LogP contribution in [0.15, 0.2) is 48.5 Å². The quantitative estimate of drug-likeness (QED) is 0.600. The molecule has 26 heavy (non-hydrogen) atoms. The van der Waals surface area contributed by atoms with Gasteiger partial charge >= 0.3 is 5.97 Å². The van der Waals surface area contributed by atoms with Crippen molar-refractivity contribution < 1.29 is 19.1 Å². The smallest absolute Gasteiger partial charge is 0.315 e. The number of benzene rings is 2. The molecule has 2 amide bonds. The molecule has 0 heterocycles. The summed E-state index contributed by atoms with van der Waals surface area (Å²) in [5.74, 6) is -1.54. The zero-order valence-electron chi connectivity index (χ0n) is 14.4. The second kappa shape index (κ2) is 9.01. The van der Waals surface area contributed by atoms with Crippen LogP contribution in [0.1, 0.15) is 35.3 Å². The molecule has 0 aliphatic heterocycles. The third kappa shape index (κ3) is 5.32. The Morgan fingerprint density at radius 2 is 1.81 bits per heavy atom. The number of methoxy groups -OCH3 is 1. The molecule has 0 saturated carbocycles. The molecule has 0 aliphatic carbocycles. The molecule has 0 saturated heterocycles. The second-order valence-electron chi connectivity index (χ2n) is 5.60. The highest BCUT2D eigenvalue weighted by Gasteiger charge is 2.15. The highest BCUT2D eigenvalue weighted by molar-refractivity contribution is 6.34. The van der Waals surface area contributed by atoms with Gasteiger partial charge in [-0.15, -0.1) is 0 Å². The Bertz CT molecular complexity index is 808. The molecule has 2 N–H and O–H groups in total. The van der Waals surface area contributed by atoms with Gasteiger partial charge in [0.05, 0.1) is 23.9 Å². The summed E-state index contributed by atoms with van der Waals surface area (Å²) in [5.41, 5.74) is 1.56. The van der Waals surface area contributed by atoms with Crippen molar-refractivity contribution in [3.8, 4) is 0 Å². The van der Waals surface area contributed by atoms with E-state index < -0.39 is 18.3 Å². The fourth-order valence-electron chi connectivity index (χ4n) is 2.26. The maximum Gasteiger partial charge on any atom is 0.315 e. The zero-order valence-corrected chi connectivity index (χ0v) is 15.2. The van der Waals surface area contributed by atoms with Crippen LogP contribution < -0.4 is 10.6 Å². The van der Waals surface area contributed by atoms with E-state index >= 15 is 0 Å². The SMILES string of the molecule is COC(=O)CC(=O)Nc1cc(C(=O)NC(C)c2ccccc2)ccc1Cl. The number of ether oxygens (including phenoxy) is 1. The van der Waals surface area contributed by atoms with Crippen molar-refractivity contribution in [3.63, 3.8) is 0 Å². The van der Waals surface area contributed by atoms with Gasteiger partial charge < -0.3 is 15.4 Å². The lowest BCUT2D eigenvalue weighted by Gasteiger charge is -2.15. The minimum atomic E-state index is -0.663. The molecule has 136 valence electrons. The molecule has 0 spiro atoms. The van der Waals surface area contributed by atoms with E-state index in [-0.39, 0.29) is 22.7 Å². The lowest BCUT2D eigenvalue weighted by molar-refractivity contribution is -0.142. The minimum Gasteiger partial charge on any atom is -0.469 e. The van der Waals surface area contributed by atoms with Crippen LogP contribution in [0.3, 0.4) is 0 Å². The summed E-state index contributed by atoms with van der Waals surface area (Å²) >= 11 is 6.05. The maximum atomic E-state index is 12.5. The first-order chi connectivity index (χ1) is 12.4. The van der Waals surface area contributed by atoms with Crippen molar-refractivity contribution in [2.24, 2.45) is 0 Å². The number of carbonyl (C=O) groups excluding carboxylic acids is 3. The van der Waals surface area contributed by atoms with Crippen molar-refractivity contribution in [1.82, 2.24) is 5.32 Å². The van der Waals surface area contributed by atoms with E-state index in [2.05, 4.69) is 15.4 Å². The average molecular weight is 375 g/mol. The minimum absolute atomic E-state index is 0.184. The molecule has 1 atom stereocenters. The molecule has 1 unspecified atom stereocenters. The Balaban J connectivity index is 2.09. The summed E-state index contributed by atoms with van der Waals surface area (Å²) in [7, 11) is 1.20. The van der Waals surface area contributed by atoms with E-state index in [0.717, 1.165) is 5.56 Å². The van der Waals surface area contributed by atoms with Crippen LogP contribution in [0.4, 0.5) is 5.69 Å². The van der Waals surface area contributed by atoms with Gasteiger partial charge in [0.1, 0.15) is 6.42 Å². The summed E-state index contributed by atoms with van der Waals surface area (Å²) in [6, 6.07) is 13.9.